The lowest BCUT2D eigenvalue weighted by Crippen LogP contribution is -2.32. The molecule has 0 aromatic carbocycles. The van der Waals surface area contributed by atoms with Gasteiger partial charge in [0.15, 0.2) is 0 Å². The maximum atomic E-state index is 11.4. The first-order chi connectivity index (χ1) is 8.43. The van der Waals surface area contributed by atoms with E-state index >= 15 is 0 Å². The molecule has 106 valence electrons. The number of hydrogen-bond donors (Lipinski definition) is 0. The molecule has 18 heavy (non-hydrogen) atoms. The van der Waals surface area contributed by atoms with Crippen molar-refractivity contribution in [2.24, 2.45) is 0 Å². The van der Waals surface area contributed by atoms with Crippen LogP contribution in [0.1, 0.15) is 66.2 Å². The quantitative estimate of drug-likeness (QED) is 0.381. The fourth-order valence-corrected chi connectivity index (χ4v) is 1.69. The molecular formula is C14H26O4. The molecule has 0 amide bonds. The summed E-state index contributed by atoms with van der Waals surface area (Å²) in [6.07, 6.45) is 6.56. The molecule has 0 saturated heterocycles. The van der Waals surface area contributed by atoms with Gasteiger partial charge in [0.25, 0.3) is 0 Å². The van der Waals surface area contributed by atoms with Crippen molar-refractivity contribution in [1.29, 1.82) is 0 Å². The molecule has 0 aliphatic heterocycles. The number of carbonyl (C=O) groups excluding carboxylic acids is 2. The fourth-order valence-electron chi connectivity index (χ4n) is 1.69. The van der Waals surface area contributed by atoms with E-state index in [-0.39, 0.29) is 6.61 Å². The molecule has 0 aliphatic carbocycles. The van der Waals surface area contributed by atoms with Crippen molar-refractivity contribution in [3.8, 4) is 0 Å². The molecule has 4 heteroatoms. The summed E-state index contributed by atoms with van der Waals surface area (Å²) in [6, 6.07) is 0. The summed E-state index contributed by atoms with van der Waals surface area (Å²) in [5, 5.41) is 0. The highest BCUT2D eigenvalue weighted by Gasteiger charge is 2.27. The van der Waals surface area contributed by atoms with Crippen molar-refractivity contribution in [2.75, 3.05) is 6.61 Å². The third-order valence-corrected chi connectivity index (χ3v) is 2.69. The summed E-state index contributed by atoms with van der Waals surface area (Å²) >= 11 is 0. The maximum Gasteiger partial charge on any atom is 0.418 e. The predicted octanol–water partition coefficient (Wildman–Crippen LogP) is 3.23. The van der Waals surface area contributed by atoms with Gasteiger partial charge in [-0.3, -0.25) is 0 Å². The maximum absolute atomic E-state index is 11.4. The van der Waals surface area contributed by atoms with Gasteiger partial charge >= 0.3 is 11.9 Å². The third kappa shape index (κ3) is 8.09. The van der Waals surface area contributed by atoms with Crippen LogP contribution in [0.25, 0.3) is 0 Å². The van der Waals surface area contributed by atoms with E-state index in [2.05, 4.69) is 11.7 Å². The lowest BCUT2D eigenvalue weighted by Gasteiger charge is -2.24. The molecular weight excluding hydrogens is 232 g/mol. The van der Waals surface area contributed by atoms with E-state index < -0.39 is 17.5 Å². The van der Waals surface area contributed by atoms with Crippen LogP contribution in [0.5, 0.6) is 0 Å². The SMILES string of the molecule is CCCCCCCC(C)(C)OC(=O)C(=O)OCC. The number of hydrogen-bond acceptors (Lipinski definition) is 4. The summed E-state index contributed by atoms with van der Waals surface area (Å²) in [7, 11) is 0. The topological polar surface area (TPSA) is 52.6 Å². The molecule has 0 N–H and O–H groups in total. The third-order valence-electron chi connectivity index (χ3n) is 2.69. The number of ether oxygens (including phenoxy) is 2. The summed E-state index contributed by atoms with van der Waals surface area (Å²) in [4.78, 5) is 22.5. The molecule has 0 radical (unpaired) electrons. The van der Waals surface area contributed by atoms with E-state index in [0.29, 0.717) is 0 Å². The van der Waals surface area contributed by atoms with Gasteiger partial charge in [-0.2, -0.15) is 0 Å². The van der Waals surface area contributed by atoms with Crippen LogP contribution in [-0.2, 0) is 19.1 Å². The van der Waals surface area contributed by atoms with Gasteiger partial charge in [0.2, 0.25) is 0 Å². The van der Waals surface area contributed by atoms with Crippen molar-refractivity contribution in [3.05, 3.63) is 0 Å². The first kappa shape index (κ1) is 16.9. The molecule has 0 atom stereocenters. The number of carbonyl (C=O) groups is 2. The molecule has 0 aliphatic rings. The Morgan fingerprint density at radius 2 is 1.56 bits per heavy atom. The second-order valence-electron chi connectivity index (χ2n) is 5.03. The van der Waals surface area contributed by atoms with Gasteiger partial charge in [0.05, 0.1) is 6.61 Å². The minimum atomic E-state index is -0.906. The van der Waals surface area contributed by atoms with Gasteiger partial charge in [-0.15, -0.1) is 0 Å². The van der Waals surface area contributed by atoms with E-state index in [1.165, 1.54) is 19.3 Å². The first-order valence-corrected chi connectivity index (χ1v) is 6.83. The Balaban J connectivity index is 3.91. The second kappa shape index (κ2) is 8.95. The Bertz CT molecular complexity index is 259. The molecule has 0 spiro atoms. The molecule has 0 heterocycles. The van der Waals surface area contributed by atoms with E-state index in [1.807, 2.05) is 13.8 Å². The zero-order chi connectivity index (χ0) is 14.0. The van der Waals surface area contributed by atoms with Crippen LogP contribution in [0.4, 0.5) is 0 Å². The zero-order valence-electron chi connectivity index (χ0n) is 12.1. The Labute approximate surface area is 110 Å². The van der Waals surface area contributed by atoms with E-state index in [9.17, 15) is 9.59 Å². The second-order valence-corrected chi connectivity index (χ2v) is 5.03. The van der Waals surface area contributed by atoms with Crippen LogP contribution in [0.2, 0.25) is 0 Å². The van der Waals surface area contributed by atoms with Crippen molar-refractivity contribution < 1.29 is 19.1 Å². The van der Waals surface area contributed by atoms with Gasteiger partial charge in [0, 0.05) is 0 Å². The fraction of sp³-hybridized carbons (Fsp3) is 0.857. The van der Waals surface area contributed by atoms with Crippen LogP contribution in [0.15, 0.2) is 0 Å². The standard InChI is InChI=1S/C14H26O4/c1-5-7-8-9-10-11-14(3,4)18-13(16)12(15)17-6-2/h5-11H2,1-4H3. The Morgan fingerprint density at radius 1 is 0.944 bits per heavy atom. The monoisotopic (exact) mass is 258 g/mol. The molecule has 0 saturated carbocycles. The average molecular weight is 258 g/mol. The van der Waals surface area contributed by atoms with Crippen LogP contribution in [0, 0.1) is 0 Å². The van der Waals surface area contributed by atoms with Crippen LogP contribution < -0.4 is 0 Å². The van der Waals surface area contributed by atoms with Gasteiger partial charge in [0.1, 0.15) is 5.60 Å². The molecule has 0 aromatic rings. The summed E-state index contributed by atoms with van der Waals surface area (Å²) < 4.78 is 9.74. The molecule has 0 rings (SSSR count). The highest BCUT2D eigenvalue weighted by molar-refractivity contribution is 6.29. The summed E-state index contributed by atoms with van der Waals surface area (Å²) in [6.45, 7) is 7.66. The van der Waals surface area contributed by atoms with Gasteiger partial charge in [-0.05, 0) is 33.6 Å². The van der Waals surface area contributed by atoms with Crippen molar-refractivity contribution >= 4 is 11.9 Å². The van der Waals surface area contributed by atoms with Crippen LogP contribution >= 0.6 is 0 Å². The first-order valence-electron chi connectivity index (χ1n) is 6.83. The average Bonchev–Trinajstić information content (AvgIpc) is 2.28. The van der Waals surface area contributed by atoms with Gasteiger partial charge in [-0.25, -0.2) is 9.59 Å². The summed E-state index contributed by atoms with van der Waals surface area (Å²) in [5.74, 6) is -1.80. The molecule has 4 nitrogen and oxygen atoms in total. The largest absolute Gasteiger partial charge is 0.458 e. The lowest BCUT2D eigenvalue weighted by molar-refractivity contribution is -0.175. The predicted molar refractivity (Wildman–Crippen MR) is 70.2 cm³/mol. The lowest BCUT2D eigenvalue weighted by atomic mass is 9.99. The van der Waals surface area contributed by atoms with Crippen molar-refractivity contribution in [2.45, 2.75) is 71.8 Å². The molecule has 0 bridgehead atoms. The summed E-state index contributed by atoms with van der Waals surface area (Å²) in [5.41, 5.74) is -0.601. The van der Waals surface area contributed by atoms with E-state index in [4.69, 9.17) is 4.74 Å². The zero-order valence-corrected chi connectivity index (χ0v) is 12.1. The highest BCUT2D eigenvalue weighted by atomic mass is 16.6. The number of esters is 2. The van der Waals surface area contributed by atoms with Crippen LogP contribution in [0.3, 0.4) is 0 Å². The van der Waals surface area contributed by atoms with Gasteiger partial charge < -0.3 is 9.47 Å². The van der Waals surface area contributed by atoms with Crippen molar-refractivity contribution in [3.63, 3.8) is 0 Å². The smallest absolute Gasteiger partial charge is 0.418 e. The number of rotatable bonds is 8. The Kier molecular flexibility index (Phi) is 8.42. The minimum absolute atomic E-state index is 0.186. The van der Waals surface area contributed by atoms with Crippen LogP contribution in [-0.4, -0.2) is 24.1 Å². The van der Waals surface area contributed by atoms with E-state index in [0.717, 1.165) is 19.3 Å². The Hall–Kier alpha value is -1.06. The normalized spacial score (nSPS) is 11.1. The van der Waals surface area contributed by atoms with E-state index in [1.54, 1.807) is 6.92 Å². The molecule has 0 unspecified atom stereocenters. The highest BCUT2D eigenvalue weighted by Crippen LogP contribution is 2.19. The van der Waals surface area contributed by atoms with Crippen molar-refractivity contribution in [1.82, 2.24) is 0 Å². The number of unbranched alkanes of at least 4 members (excludes halogenated alkanes) is 4. The minimum Gasteiger partial charge on any atom is -0.458 e. The molecule has 0 fully saturated rings. The Morgan fingerprint density at radius 3 is 2.11 bits per heavy atom. The van der Waals surface area contributed by atoms with Gasteiger partial charge in [-0.1, -0.05) is 32.6 Å². The molecule has 0 aromatic heterocycles.